The summed E-state index contributed by atoms with van der Waals surface area (Å²) >= 11 is 1.44. The SMILES string of the molecule is Cc1ncc(CNc2ncccc2C(F)(F)F)s1. The van der Waals surface area contributed by atoms with Crippen LogP contribution in [-0.2, 0) is 12.7 Å². The summed E-state index contributed by atoms with van der Waals surface area (Å²) in [6.45, 7) is 2.13. The molecule has 0 spiro atoms. The monoisotopic (exact) mass is 273 g/mol. The normalized spacial score (nSPS) is 11.6. The number of nitrogens with one attached hydrogen (secondary N) is 1. The first-order valence-corrected chi connectivity index (χ1v) is 5.96. The van der Waals surface area contributed by atoms with Crippen LogP contribution in [0.25, 0.3) is 0 Å². The van der Waals surface area contributed by atoms with Crippen molar-refractivity contribution in [3.63, 3.8) is 0 Å². The molecule has 2 heterocycles. The standard InChI is InChI=1S/C11H10F3N3S/c1-7-16-5-8(18-7)6-17-10-9(11(12,13)14)3-2-4-15-10/h2-5H,6H2,1H3,(H,15,17). The van der Waals surface area contributed by atoms with Gasteiger partial charge in [0.2, 0.25) is 0 Å². The fourth-order valence-electron chi connectivity index (χ4n) is 1.43. The lowest BCUT2D eigenvalue weighted by Gasteiger charge is -2.12. The van der Waals surface area contributed by atoms with Crippen molar-refractivity contribution in [3.05, 3.63) is 40.0 Å². The number of rotatable bonds is 3. The number of anilines is 1. The molecule has 0 radical (unpaired) electrons. The average Bonchev–Trinajstić information content (AvgIpc) is 2.72. The molecule has 0 saturated heterocycles. The zero-order chi connectivity index (χ0) is 13.2. The molecule has 0 atom stereocenters. The van der Waals surface area contributed by atoms with Gasteiger partial charge in [-0.2, -0.15) is 13.2 Å². The van der Waals surface area contributed by atoms with Gasteiger partial charge < -0.3 is 5.32 Å². The van der Waals surface area contributed by atoms with Crippen LogP contribution in [0.2, 0.25) is 0 Å². The Hall–Kier alpha value is -1.63. The molecule has 0 unspecified atom stereocenters. The van der Waals surface area contributed by atoms with Gasteiger partial charge in [-0.25, -0.2) is 9.97 Å². The number of thiazole rings is 1. The Labute approximate surface area is 106 Å². The summed E-state index contributed by atoms with van der Waals surface area (Å²) in [5, 5.41) is 3.57. The van der Waals surface area contributed by atoms with E-state index in [1.54, 1.807) is 6.20 Å². The predicted octanol–water partition coefficient (Wildman–Crippen LogP) is 3.48. The third-order valence-electron chi connectivity index (χ3n) is 2.21. The van der Waals surface area contributed by atoms with Crippen molar-refractivity contribution in [2.45, 2.75) is 19.6 Å². The summed E-state index contributed by atoms with van der Waals surface area (Å²) in [7, 11) is 0. The van der Waals surface area contributed by atoms with Crippen molar-refractivity contribution < 1.29 is 13.2 Å². The number of nitrogens with zero attached hydrogens (tertiary/aromatic N) is 2. The van der Waals surface area contributed by atoms with Crippen LogP contribution >= 0.6 is 11.3 Å². The number of aromatic nitrogens is 2. The first-order valence-electron chi connectivity index (χ1n) is 5.14. The van der Waals surface area contributed by atoms with E-state index in [1.165, 1.54) is 23.6 Å². The fraction of sp³-hybridized carbons (Fsp3) is 0.273. The molecule has 7 heteroatoms. The molecule has 96 valence electrons. The van der Waals surface area contributed by atoms with Crippen LogP contribution in [0.15, 0.2) is 24.5 Å². The predicted molar refractivity (Wildman–Crippen MR) is 63.4 cm³/mol. The molecule has 0 amide bonds. The number of hydrogen-bond donors (Lipinski definition) is 1. The van der Waals surface area contributed by atoms with E-state index in [1.807, 2.05) is 6.92 Å². The van der Waals surface area contributed by atoms with E-state index in [0.29, 0.717) is 0 Å². The van der Waals surface area contributed by atoms with Gasteiger partial charge in [-0.1, -0.05) is 0 Å². The van der Waals surface area contributed by atoms with Crippen molar-refractivity contribution in [1.82, 2.24) is 9.97 Å². The molecule has 0 aliphatic carbocycles. The molecule has 0 aromatic carbocycles. The van der Waals surface area contributed by atoms with Gasteiger partial charge in [0.15, 0.2) is 0 Å². The summed E-state index contributed by atoms with van der Waals surface area (Å²) in [4.78, 5) is 8.62. The van der Waals surface area contributed by atoms with E-state index in [9.17, 15) is 13.2 Å². The number of hydrogen-bond acceptors (Lipinski definition) is 4. The van der Waals surface area contributed by atoms with Crippen LogP contribution in [0.3, 0.4) is 0 Å². The van der Waals surface area contributed by atoms with Gasteiger partial charge in [0.05, 0.1) is 17.1 Å². The third kappa shape index (κ3) is 2.98. The first-order chi connectivity index (χ1) is 8.47. The summed E-state index contributed by atoms with van der Waals surface area (Å²) in [5.74, 6) is -0.156. The molecule has 0 fully saturated rings. The van der Waals surface area contributed by atoms with Crippen LogP contribution in [0.5, 0.6) is 0 Å². The summed E-state index contributed by atoms with van der Waals surface area (Å²) in [6.07, 6.45) is -1.43. The second-order valence-electron chi connectivity index (χ2n) is 3.60. The van der Waals surface area contributed by atoms with Crippen molar-refractivity contribution in [2.75, 3.05) is 5.32 Å². The molecular weight excluding hydrogens is 263 g/mol. The second kappa shape index (κ2) is 4.93. The largest absolute Gasteiger partial charge is 0.419 e. The molecule has 0 saturated carbocycles. The molecule has 1 N–H and O–H groups in total. The summed E-state index contributed by atoms with van der Waals surface area (Å²) in [6, 6.07) is 2.28. The highest BCUT2D eigenvalue weighted by atomic mass is 32.1. The van der Waals surface area contributed by atoms with Crippen molar-refractivity contribution >= 4 is 17.2 Å². The zero-order valence-electron chi connectivity index (χ0n) is 9.45. The molecule has 0 aliphatic heterocycles. The van der Waals surface area contributed by atoms with Gasteiger partial charge in [0, 0.05) is 17.3 Å². The molecule has 18 heavy (non-hydrogen) atoms. The van der Waals surface area contributed by atoms with Crippen molar-refractivity contribution in [3.8, 4) is 0 Å². The fourth-order valence-corrected chi connectivity index (χ4v) is 2.17. The molecular formula is C11H10F3N3S. The molecule has 3 nitrogen and oxygen atoms in total. The Kier molecular flexibility index (Phi) is 3.51. The van der Waals surface area contributed by atoms with Gasteiger partial charge in [-0.15, -0.1) is 11.3 Å². The van der Waals surface area contributed by atoms with Gasteiger partial charge in [0.1, 0.15) is 5.82 Å². The van der Waals surface area contributed by atoms with E-state index >= 15 is 0 Å². The highest BCUT2D eigenvalue weighted by molar-refractivity contribution is 7.11. The Balaban J connectivity index is 2.14. The number of alkyl halides is 3. The minimum atomic E-state index is -4.40. The molecule has 2 aromatic heterocycles. The Morgan fingerprint density at radius 1 is 1.33 bits per heavy atom. The van der Waals surface area contributed by atoms with Crippen molar-refractivity contribution in [2.24, 2.45) is 0 Å². The number of aryl methyl sites for hydroxylation is 1. The van der Waals surface area contributed by atoms with Crippen LogP contribution < -0.4 is 5.32 Å². The third-order valence-corrected chi connectivity index (χ3v) is 3.13. The maximum atomic E-state index is 12.7. The number of halogens is 3. The Morgan fingerprint density at radius 3 is 2.72 bits per heavy atom. The maximum absolute atomic E-state index is 12.7. The highest BCUT2D eigenvalue weighted by Gasteiger charge is 2.33. The summed E-state index contributed by atoms with van der Waals surface area (Å²) in [5.41, 5.74) is -0.758. The van der Waals surface area contributed by atoms with Crippen LogP contribution in [0.1, 0.15) is 15.4 Å². The Morgan fingerprint density at radius 2 is 2.11 bits per heavy atom. The molecule has 2 rings (SSSR count). The molecule has 0 bridgehead atoms. The minimum Gasteiger partial charge on any atom is -0.365 e. The van der Waals surface area contributed by atoms with Crippen molar-refractivity contribution in [1.29, 1.82) is 0 Å². The van der Waals surface area contributed by atoms with E-state index < -0.39 is 11.7 Å². The van der Waals surface area contributed by atoms with Gasteiger partial charge in [-0.3, -0.25) is 0 Å². The first kappa shape index (κ1) is 12.8. The summed E-state index contributed by atoms with van der Waals surface area (Å²) < 4.78 is 38.1. The van der Waals surface area contributed by atoms with Crippen LogP contribution in [0.4, 0.5) is 19.0 Å². The molecule has 0 aliphatic rings. The quantitative estimate of drug-likeness (QED) is 0.930. The smallest absolute Gasteiger partial charge is 0.365 e. The van der Waals surface area contributed by atoms with Gasteiger partial charge >= 0.3 is 6.18 Å². The topological polar surface area (TPSA) is 37.8 Å². The zero-order valence-corrected chi connectivity index (χ0v) is 10.3. The van der Waals surface area contributed by atoms with E-state index in [0.717, 1.165) is 16.0 Å². The lowest BCUT2D eigenvalue weighted by atomic mass is 10.2. The maximum Gasteiger partial charge on any atom is 0.419 e. The van der Waals surface area contributed by atoms with Gasteiger partial charge in [-0.05, 0) is 19.1 Å². The highest BCUT2D eigenvalue weighted by Crippen LogP contribution is 2.33. The lowest BCUT2D eigenvalue weighted by molar-refractivity contribution is -0.137. The number of pyridine rings is 1. The van der Waals surface area contributed by atoms with E-state index in [4.69, 9.17) is 0 Å². The second-order valence-corrected chi connectivity index (χ2v) is 4.92. The van der Waals surface area contributed by atoms with Crippen LogP contribution in [0, 0.1) is 6.92 Å². The molecule has 2 aromatic rings. The lowest BCUT2D eigenvalue weighted by Crippen LogP contribution is -2.11. The minimum absolute atomic E-state index is 0.156. The van der Waals surface area contributed by atoms with E-state index in [-0.39, 0.29) is 12.4 Å². The average molecular weight is 273 g/mol. The van der Waals surface area contributed by atoms with Gasteiger partial charge in [0.25, 0.3) is 0 Å². The Bertz CT molecular complexity index is 536. The van der Waals surface area contributed by atoms with E-state index in [2.05, 4.69) is 15.3 Å². The van der Waals surface area contributed by atoms with Crippen LogP contribution in [-0.4, -0.2) is 9.97 Å².